The number of rotatable bonds is 4. The Morgan fingerprint density at radius 1 is 1.19 bits per heavy atom. The minimum absolute atomic E-state index is 0.268. The van der Waals surface area contributed by atoms with E-state index in [1.807, 2.05) is 0 Å². The summed E-state index contributed by atoms with van der Waals surface area (Å²) in [5.74, 6) is 0.301. The topological polar surface area (TPSA) is 59.1 Å². The highest BCUT2D eigenvalue weighted by molar-refractivity contribution is 7.89. The highest BCUT2D eigenvalue weighted by Gasteiger charge is 2.37. The van der Waals surface area contributed by atoms with E-state index >= 15 is 0 Å². The molecule has 0 unspecified atom stereocenters. The Morgan fingerprint density at radius 2 is 1.95 bits per heavy atom. The number of alkyl halides is 1. The van der Waals surface area contributed by atoms with E-state index < -0.39 is 15.6 Å². The molecule has 4 nitrogen and oxygen atoms in total. The lowest BCUT2D eigenvalue weighted by molar-refractivity contribution is 0.433. The molecule has 2 aromatic rings. The van der Waals surface area contributed by atoms with Crippen LogP contribution in [0.5, 0.6) is 0 Å². The van der Waals surface area contributed by atoms with E-state index in [0.29, 0.717) is 16.8 Å². The van der Waals surface area contributed by atoms with Crippen molar-refractivity contribution in [3.8, 4) is 0 Å². The maximum absolute atomic E-state index is 12.8. The Labute approximate surface area is 129 Å². The predicted octanol–water partition coefficient (Wildman–Crippen LogP) is 3.06. The first-order valence-corrected chi connectivity index (χ1v) is 9.02. The third-order valence-electron chi connectivity index (χ3n) is 4.06. The zero-order valence-electron chi connectivity index (χ0n) is 11.5. The van der Waals surface area contributed by atoms with Gasteiger partial charge in [-0.15, -0.1) is 11.6 Å². The van der Waals surface area contributed by atoms with Gasteiger partial charge in [0.15, 0.2) is 0 Å². The number of hydrogen-bond acceptors (Lipinski definition) is 3. The molecule has 6 heteroatoms. The number of sulfonamides is 1. The maximum Gasteiger partial charge on any atom is 0.241 e. The Bertz CT molecular complexity index is 750. The van der Waals surface area contributed by atoms with Gasteiger partial charge < -0.3 is 0 Å². The van der Waals surface area contributed by atoms with Crippen LogP contribution >= 0.6 is 11.6 Å². The molecule has 1 aromatic carbocycles. The Hall–Kier alpha value is -1.17. The molecule has 0 radical (unpaired) electrons. The lowest BCUT2D eigenvalue weighted by atomic mass is 10.0. The van der Waals surface area contributed by atoms with Gasteiger partial charge in [-0.2, -0.15) is 0 Å². The summed E-state index contributed by atoms with van der Waals surface area (Å²) in [6, 6.07) is 8.66. The van der Waals surface area contributed by atoms with Gasteiger partial charge in [0.25, 0.3) is 0 Å². The van der Waals surface area contributed by atoms with Gasteiger partial charge in [0.2, 0.25) is 10.0 Å². The fraction of sp³-hybridized carbons (Fsp3) is 0.400. The smallest absolute Gasteiger partial charge is 0.241 e. The number of fused-ring (bicyclic) bond motifs is 1. The van der Waals surface area contributed by atoms with Crippen molar-refractivity contribution in [2.75, 3.05) is 5.88 Å². The molecule has 21 heavy (non-hydrogen) atoms. The average molecular weight is 325 g/mol. The summed E-state index contributed by atoms with van der Waals surface area (Å²) in [6.45, 7) is 0. The van der Waals surface area contributed by atoms with Crippen LogP contribution in [0.25, 0.3) is 10.9 Å². The van der Waals surface area contributed by atoms with Gasteiger partial charge >= 0.3 is 0 Å². The quantitative estimate of drug-likeness (QED) is 0.879. The molecule has 3 rings (SSSR count). The molecule has 1 aliphatic carbocycles. The van der Waals surface area contributed by atoms with Crippen molar-refractivity contribution in [2.24, 2.45) is 0 Å². The molecular weight excluding hydrogens is 308 g/mol. The van der Waals surface area contributed by atoms with Gasteiger partial charge in [-0.1, -0.05) is 18.9 Å². The summed E-state index contributed by atoms with van der Waals surface area (Å²) >= 11 is 6.04. The van der Waals surface area contributed by atoms with Crippen LogP contribution in [-0.2, 0) is 10.0 Å². The van der Waals surface area contributed by atoms with Gasteiger partial charge in [-0.3, -0.25) is 4.98 Å². The van der Waals surface area contributed by atoms with Crippen LogP contribution < -0.4 is 4.72 Å². The molecule has 0 atom stereocenters. The van der Waals surface area contributed by atoms with Crippen LogP contribution in [0.3, 0.4) is 0 Å². The lowest BCUT2D eigenvalue weighted by Gasteiger charge is -2.27. The van der Waals surface area contributed by atoms with Gasteiger partial charge in [0.1, 0.15) is 0 Å². The summed E-state index contributed by atoms with van der Waals surface area (Å²) < 4.78 is 28.4. The van der Waals surface area contributed by atoms with Crippen LogP contribution in [0.2, 0.25) is 0 Å². The molecule has 1 N–H and O–H groups in total. The summed E-state index contributed by atoms with van der Waals surface area (Å²) in [4.78, 5) is 4.47. The standard InChI is InChI=1S/C15H17ClN2O2S/c16-11-15(8-1-2-9-15)18-21(19,20)14-7-3-6-13-12(14)5-4-10-17-13/h3-7,10,18H,1-2,8-9,11H2. The van der Waals surface area contributed by atoms with Crippen LogP contribution in [0, 0.1) is 0 Å². The summed E-state index contributed by atoms with van der Waals surface area (Å²) in [6.07, 6.45) is 5.25. The van der Waals surface area contributed by atoms with E-state index in [2.05, 4.69) is 9.71 Å². The Morgan fingerprint density at radius 3 is 2.67 bits per heavy atom. The van der Waals surface area contributed by atoms with Crippen molar-refractivity contribution >= 4 is 32.5 Å². The molecule has 112 valence electrons. The van der Waals surface area contributed by atoms with E-state index in [9.17, 15) is 8.42 Å². The van der Waals surface area contributed by atoms with Crippen molar-refractivity contribution in [2.45, 2.75) is 36.1 Å². The lowest BCUT2D eigenvalue weighted by Crippen LogP contribution is -2.47. The molecule has 1 fully saturated rings. The number of pyridine rings is 1. The Kier molecular flexibility index (Phi) is 3.90. The SMILES string of the molecule is O=S(=O)(NC1(CCl)CCCC1)c1cccc2ncccc12. The van der Waals surface area contributed by atoms with Gasteiger partial charge in [-0.25, -0.2) is 13.1 Å². The minimum Gasteiger partial charge on any atom is -0.256 e. The number of aromatic nitrogens is 1. The summed E-state index contributed by atoms with van der Waals surface area (Å²) in [5.41, 5.74) is 0.164. The number of nitrogens with one attached hydrogen (secondary N) is 1. The monoisotopic (exact) mass is 324 g/mol. The second-order valence-corrected chi connectivity index (χ2v) is 7.47. The second-order valence-electron chi connectivity index (χ2n) is 5.55. The van der Waals surface area contributed by atoms with E-state index in [4.69, 9.17) is 11.6 Å². The van der Waals surface area contributed by atoms with E-state index in [1.165, 1.54) is 0 Å². The normalized spacial score (nSPS) is 18.1. The summed E-state index contributed by atoms with van der Waals surface area (Å²) in [5, 5.41) is 0.634. The van der Waals surface area contributed by atoms with Gasteiger partial charge in [0, 0.05) is 23.0 Å². The molecule has 0 saturated heterocycles. The van der Waals surface area contributed by atoms with Crippen molar-refractivity contribution in [3.05, 3.63) is 36.5 Å². The van der Waals surface area contributed by atoms with Crippen LogP contribution in [0.1, 0.15) is 25.7 Å². The van der Waals surface area contributed by atoms with E-state index in [-0.39, 0.29) is 4.90 Å². The van der Waals surface area contributed by atoms with Crippen molar-refractivity contribution in [3.63, 3.8) is 0 Å². The average Bonchev–Trinajstić information content (AvgIpc) is 2.95. The predicted molar refractivity (Wildman–Crippen MR) is 84.0 cm³/mol. The largest absolute Gasteiger partial charge is 0.256 e. The molecule has 0 spiro atoms. The zero-order valence-corrected chi connectivity index (χ0v) is 13.1. The van der Waals surface area contributed by atoms with E-state index in [1.54, 1.807) is 36.5 Å². The van der Waals surface area contributed by atoms with Crippen LogP contribution in [-0.4, -0.2) is 24.8 Å². The highest BCUT2D eigenvalue weighted by Crippen LogP contribution is 2.33. The molecule has 1 aromatic heterocycles. The molecule has 0 bridgehead atoms. The van der Waals surface area contributed by atoms with Crippen molar-refractivity contribution in [1.29, 1.82) is 0 Å². The van der Waals surface area contributed by atoms with Crippen molar-refractivity contribution in [1.82, 2.24) is 9.71 Å². The number of benzene rings is 1. The first-order valence-electron chi connectivity index (χ1n) is 7.00. The van der Waals surface area contributed by atoms with Crippen LogP contribution in [0.4, 0.5) is 0 Å². The first kappa shape index (κ1) is 14.8. The fourth-order valence-corrected chi connectivity index (χ4v) is 5.05. The number of hydrogen-bond donors (Lipinski definition) is 1. The number of halogens is 1. The third kappa shape index (κ3) is 2.78. The molecule has 1 saturated carbocycles. The van der Waals surface area contributed by atoms with Crippen molar-refractivity contribution < 1.29 is 8.42 Å². The minimum atomic E-state index is -3.62. The second kappa shape index (κ2) is 5.55. The molecule has 1 aliphatic rings. The van der Waals surface area contributed by atoms with E-state index in [0.717, 1.165) is 25.7 Å². The van der Waals surface area contributed by atoms with Gasteiger partial charge in [0.05, 0.1) is 10.4 Å². The summed E-state index contributed by atoms with van der Waals surface area (Å²) in [7, 11) is -3.62. The Balaban J connectivity index is 2.04. The van der Waals surface area contributed by atoms with Crippen LogP contribution in [0.15, 0.2) is 41.4 Å². The highest BCUT2D eigenvalue weighted by atomic mass is 35.5. The third-order valence-corrected chi connectivity index (χ3v) is 6.21. The maximum atomic E-state index is 12.8. The molecule has 1 heterocycles. The fourth-order valence-electron chi connectivity index (χ4n) is 2.96. The zero-order chi connectivity index (χ0) is 14.9. The first-order chi connectivity index (χ1) is 10.1. The number of nitrogens with zero attached hydrogens (tertiary/aromatic N) is 1. The molecule has 0 aliphatic heterocycles. The molecule has 0 amide bonds. The molecular formula is C15H17ClN2O2S. The van der Waals surface area contributed by atoms with Gasteiger partial charge in [-0.05, 0) is 37.1 Å².